The van der Waals surface area contributed by atoms with Crippen molar-refractivity contribution < 1.29 is 14.6 Å². The monoisotopic (exact) mass is 276 g/mol. The van der Waals surface area contributed by atoms with Crippen molar-refractivity contribution in [1.29, 1.82) is 0 Å². The first-order chi connectivity index (χ1) is 9.63. The molecule has 20 heavy (non-hydrogen) atoms. The highest BCUT2D eigenvalue weighted by Crippen LogP contribution is 2.30. The van der Waals surface area contributed by atoms with Crippen molar-refractivity contribution in [2.45, 2.75) is 33.1 Å². The van der Waals surface area contributed by atoms with Gasteiger partial charge in [0, 0.05) is 29.9 Å². The number of hydrogen-bond donors (Lipinski definition) is 1. The van der Waals surface area contributed by atoms with Crippen LogP contribution in [0.1, 0.15) is 31.1 Å². The molecule has 0 aliphatic carbocycles. The zero-order valence-corrected chi connectivity index (χ0v) is 12.0. The lowest BCUT2D eigenvalue weighted by Crippen LogP contribution is -2.01. The quantitative estimate of drug-likeness (QED) is 0.881. The van der Waals surface area contributed by atoms with Gasteiger partial charge in [-0.1, -0.05) is 0 Å². The number of aryl methyl sites for hydroxylation is 1. The van der Waals surface area contributed by atoms with Crippen molar-refractivity contribution >= 4 is 0 Å². The summed E-state index contributed by atoms with van der Waals surface area (Å²) >= 11 is 0. The molecular formula is C15H20N2O3. The SMILES string of the molecule is CCn1cc(COc2cc(OC)ccc2[C@@H](C)O)cn1. The summed E-state index contributed by atoms with van der Waals surface area (Å²) in [6, 6.07) is 5.41. The standard InChI is InChI=1S/C15H20N2O3/c1-4-17-9-12(8-16-17)10-20-15-7-13(19-3)5-6-14(15)11(2)18/h5-9,11,18H,4,10H2,1-3H3/t11-/m1/s1. The first-order valence-corrected chi connectivity index (χ1v) is 6.64. The van der Waals surface area contributed by atoms with E-state index >= 15 is 0 Å². The number of hydrogen-bond acceptors (Lipinski definition) is 4. The van der Waals surface area contributed by atoms with Crippen molar-refractivity contribution in [1.82, 2.24) is 9.78 Å². The van der Waals surface area contributed by atoms with Gasteiger partial charge in [0.1, 0.15) is 18.1 Å². The Bertz CT molecular complexity index is 564. The second-order valence-electron chi connectivity index (χ2n) is 4.57. The summed E-state index contributed by atoms with van der Waals surface area (Å²) in [5, 5.41) is 14.0. The number of benzene rings is 1. The number of rotatable bonds is 6. The van der Waals surface area contributed by atoms with Crippen molar-refractivity contribution in [2.75, 3.05) is 7.11 Å². The molecule has 1 heterocycles. The number of ether oxygens (including phenoxy) is 2. The van der Waals surface area contributed by atoms with E-state index in [2.05, 4.69) is 5.10 Å². The maximum Gasteiger partial charge on any atom is 0.129 e. The summed E-state index contributed by atoms with van der Waals surface area (Å²) in [5.41, 5.74) is 1.74. The molecule has 5 heteroatoms. The maximum absolute atomic E-state index is 9.77. The predicted molar refractivity (Wildman–Crippen MR) is 75.9 cm³/mol. The van der Waals surface area contributed by atoms with Crippen LogP contribution in [0.3, 0.4) is 0 Å². The van der Waals surface area contributed by atoms with Crippen molar-refractivity contribution in [3.8, 4) is 11.5 Å². The second kappa shape index (κ2) is 6.43. The minimum atomic E-state index is -0.589. The number of aliphatic hydroxyl groups excluding tert-OH is 1. The highest BCUT2D eigenvalue weighted by molar-refractivity contribution is 5.41. The van der Waals surface area contributed by atoms with Gasteiger partial charge in [0.15, 0.2) is 0 Å². The van der Waals surface area contributed by atoms with Gasteiger partial charge in [-0.2, -0.15) is 5.10 Å². The van der Waals surface area contributed by atoms with Gasteiger partial charge in [0.2, 0.25) is 0 Å². The van der Waals surface area contributed by atoms with Gasteiger partial charge in [0.05, 0.1) is 19.4 Å². The fraction of sp³-hybridized carbons (Fsp3) is 0.400. The summed E-state index contributed by atoms with van der Waals surface area (Å²) in [6.07, 6.45) is 3.14. The Labute approximate surface area is 118 Å². The minimum absolute atomic E-state index is 0.410. The van der Waals surface area contributed by atoms with Crippen LogP contribution in [0.15, 0.2) is 30.6 Å². The van der Waals surface area contributed by atoms with E-state index in [0.717, 1.165) is 17.7 Å². The Morgan fingerprint density at radius 2 is 2.20 bits per heavy atom. The van der Waals surface area contributed by atoms with E-state index in [1.54, 1.807) is 26.3 Å². The van der Waals surface area contributed by atoms with Crippen LogP contribution >= 0.6 is 0 Å². The van der Waals surface area contributed by atoms with Crippen LogP contribution in [0.5, 0.6) is 11.5 Å². The molecule has 0 amide bonds. The van der Waals surface area contributed by atoms with Crippen LogP contribution in [-0.2, 0) is 13.2 Å². The van der Waals surface area contributed by atoms with Crippen LogP contribution in [-0.4, -0.2) is 22.0 Å². The van der Waals surface area contributed by atoms with Gasteiger partial charge in [-0.15, -0.1) is 0 Å². The third kappa shape index (κ3) is 3.30. The van der Waals surface area contributed by atoms with E-state index in [1.165, 1.54) is 0 Å². The summed E-state index contributed by atoms with van der Waals surface area (Å²) < 4.78 is 12.8. The first-order valence-electron chi connectivity index (χ1n) is 6.64. The molecule has 0 saturated carbocycles. The van der Waals surface area contributed by atoms with Crippen LogP contribution in [0.4, 0.5) is 0 Å². The minimum Gasteiger partial charge on any atom is -0.497 e. The van der Waals surface area contributed by atoms with Gasteiger partial charge in [0.25, 0.3) is 0 Å². The largest absolute Gasteiger partial charge is 0.497 e. The van der Waals surface area contributed by atoms with Gasteiger partial charge in [-0.05, 0) is 26.0 Å². The van der Waals surface area contributed by atoms with Crippen molar-refractivity contribution in [3.05, 3.63) is 41.7 Å². The number of aliphatic hydroxyl groups is 1. The molecule has 1 atom stereocenters. The molecule has 0 radical (unpaired) electrons. The fourth-order valence-electron chi connectivity index (χ4n) is 1.93. The average molecular weight is 276 g/mol. The van der Waals surface area contributed by atoms with Crippen LogP contribution in [0, 0.1) is 0 Å². The van der Waals surface area contributed by atoms with Gasteiger partial charge < -0.3 is 14.6 Å². The molecule has 0 aliphatic heterocycles. The van der Waals surface area contributed by atoms with Gasteiger partial charge in [-0.25, -0.2) is 0 Å². The normalized spacial score (nSPS) is 12.2. The van der Waals surface area contributed by atoms with Crippen LogP contribution in [0.25, 0.3) is 0 Å². The van der Waals surface area contributed by atoms with Crippen LogP contribution < -0.4 is 9.47 Å². The highest BCUT2D eigenvalue weighted by atomic mass is 16.5. The molecule has 1 aromatic heterocycles. The topological polar surface area (TPSA) is 56.5 Å². The van der Waals surface area contributed by atoms with E-state index < -0.39 is 6.10 Å². The van der Waals surface area contributed by atoms with E-state index in [-0.39, 0.29) is 0 Å². The number of methoxy groups -OCH3 is 1. The predicted octanol–water partition coefficient (Wildman–Crippen LogP) is 2.54. The van der Waals surface area contributed by atoms with E-state index in [4.69, 9.17) is 9.47 Å². The van der Waals surface area contributed by atoms with Crippen molar-refractivity contribution in [2.24, 2.45) is 0 Å². The molecular weight excluding hydrogens is 256 g/mol. The number of nitrogens with zero attached hydrogens (tertiary/aromatic N) is 2. The summed E-state index contributed by atoms with van der Waals surface area (Å²) in [6.45, 7) is 4.99. The zero-order chi connectivity index (χ0) is 14.5. The van der Waals surface area contributed by atoms with E-state index in [0.29, 0.717) is 18.1 Å². The highest BCUT2D eigenvalue weighted by Gasteiger charge is 2.11. The Hall–Kier alpha value is -2.01. The molecule has 0 aliphatic rings. The van der Waals surface area contributed by atoms with Crippen molar-refractivity contribution in [3.63, 3.8) is 0 Å². The molecule has 2 rings (SSSR count). The molecule has 0 unspecified atom stereocenters. The molecule has 1 N–H and O–H groups in total. The molecule has 5 nitrogen and oxygen atoms in total. The lowest BCUT2D eigenvalue weighted by atomic mass is 10.1. The Morgan fingerprint density at radius 3 is 2.80 bits per heavy atom. The molecule has 0 spiro atoms. The molecule has 108 valence electrons. The smallest absolute Gasteiger partial charge is 0.129 e. The third-order valence-corrected chi connectivity index (χ3v) is 3.08. The summed E-state index contributed by atoms with van der Waals surface area (Å²) in [4.78, 5) is 0. The molecule has 0 bridgehead atoms. The lowest BCUT2D eigenvalue weighted by molar-refractivity contribution is 0.190. The third-order valence-electron chi connectivity index (χ3n) is 3.08. The second-order valence-corrected chi connectivity index (χ2v) is 4.57. The molecule has 0 fully saturated rings. The van der Waals surface area contributed by atoms with E-state index in [1.807, 2.05) is 29.9 Å². The Morgan fingerprint density at radius 1 is 1.40 bits per heavy atom. The molecule has 0 saturated heterocycles. The molecule has 2 aromatic rings. The average Bonchev–Trinajstić information content (AvgIpc) is 2.92. The Balaban J connectivity index is 2.14. The van der Waals surface area contributed by atoms with Gasteiger partial charge >= 0.3 is 0 Å². The van der Waals surface area contributed by atoms with E-state index in [9.17, 15) is 5.11 Å². The summed E-state index contributed by atoms with van der Waals surface area (Å²) in [5.74, 6) is 1.33. The fourth-order valence-corrected chi connectivity index (χ4v) is 1.93. The molecule has 1 aromatic carbocycles. The lowest BCUT2D eigenvalue weighted by Gasteiger charge is -2.14. The Kier molecular flexibility index (Phi) is 4.63. The van der Waals surface area contributed by atoms with Gasteiger partial charge in [-0.3, -0.25) is 4.68 Å². The zero-order valence-electron chi connectivity index (χ0n) is 12.0. The summed E-state index contributed by atoms with van der Waals surface area (Å²) in [7, 11) is 1.60. The first kappa shape index (κ1) is 14.4. The maximum atomic E-state index is 9.77. The number of aromatic nitrogens is 2. The van der Waals surface area contributed by atoms with Crippen LogP contribution in [0.2, 0.25) is 0 Å².